The highest BCUT2D eigenvalue weighted by molar-refractivity contribution is 5.87. The Morgan fingerprint density at radius 3 is 2.28 bits per heavy atom. The predicted molar refractivity (Wildman–Crippen MR) is 152 cm³/mol. The first kappa shape index (κ1) is 27.2. The van der Waals surface area contributed by atoms with Gasteiger partial charge in [0.2, 0.25) is 0 Å². The number of allylic oxidation sites excluding steroid dienone is 4. The number of aryl methyl sites for hydroxylation is 1. The van der Waals surface area contributed by atoms with Gasteiger partial charge in [-0.25, -0.2) is 0 Å². The summed E-state index contributed by atoms with van der Waals surface area (Å²) in [6.45, 7) is 14.1. The standard InChI is InChI=1S/C27H30N2O.C5H10O/c1-19(2)30-27(21(4)23-17-15-20(3)16-18-23)25-13-9-10-14-26(29-25)28-22(5)24-11-7-6-8-12-24;1-2-4-6-5-3-1/h6-13,15-18,22H,1,14H2,2-5H3,(H,28,29);1-5H2/b27-21+;. The topological polar surface area (TPSA) is 42.9 Å². The number of amidine groups is 1. The maximum absolute atomic E-state index is 6.10. The van der Waals surface area contributed by atoms with Gasteiger partial charge in [0.15, 0.2) is 5.76 Å². The molecule has 1 saturated heterocycles. The highest BCUT2D eigenvalue weighted by atomic mass is 16.5. The molecule has 2 aliphatic rings. The molecule has 1 atom stereocenters. The van der Waals surface area contributed by atoms with Crippen molar-refractivity contribution in [3.8, 4) is 0 Å². The third-order valence-corrected chi connectivity index (χ3v) is 6.04. The zero-order valence-electron chi connectivity index (χ0n) is 22.2. The van der Waals surface area contributed by atoms with Crippen LogP contribution >= 0.6 is 0 Å². The zero-order chi connectivity index (χ0) is 25.8. The first-order valence-electron chi connectivity index (χ1n) is 12.9. The largest absolute Gasteiger partial charge is 0.460 e. The Morgan fingerprint density at radius 2 is 1.69 bits per heavy atom. The third-order valence-electron chi connectivity index (χ3n) is 6.04. The van der Waals surface area contributed by atoms with Gasteiger partial charge < -0.3 is 14.8 Å². The normalized spacial score (nSPS) is 18.0. The summed E-state index contributed by atoms with van der Waals surface area (Å²) in [5.41, 5.74) is 5.46. The summed E-state index contributed by atoms with van der Waals surface area (Å²) in [7, 11) is 0. The molecule has 1 unspecified atom stereocenters. The summed E-state index contributed by atoms with van der Waals surface area (Å²) in [4.78, 5) is 4.93. The van der Waals surface area contributed by atoms with Crippen LogP contribution in [0.3, 0.4) is 0 Å². The molecule has 2 aromatic rings. The van der Waals surface area contributed by atoms with Gasteiger partial charge in [-0.1, -0.05) is 78.9 Å². The predicted octanol–water partition coefficient (Wildman–Crippen LogP) is 8.06. The monoisotopic (exact) mass is 484 g/mol. The number of benzene rings is 2. The van der Waals surface area contributed by atoms with Crippen molar-refractivity contribution in [2.45, 2.75) is 59.4 Å². The first-order chi connectivity index (χ1) is 17.4. The van der Waals surface area contributed by atoms with Crippen LogP contribution in [0.1, 0.15) is 69.2 Å². The molecular weight excluding hydrogens is 444 g/mol. The lowest BCUT2D eigenvalue weighted by molar-refractivity contribution is 0.0968. The minimum atomic E-state index is 0.0640. The van der Waals surface area contributed by atoms with Crippen molar-refractivity contribution in [1.29, 1.82) is 0 Å². The van der Waals surface area contributed by atoms with Gasteiger partial charge in [-0.15, -0.1) is 0 Å². The van der Waals surface area contributed by atoms with Crippen LogP contribution in [0.25, 0.3) is 5.57 Å². The van der Waals surface area contributed by atoms with Gasteiger partial charge in [0, 0.05) is 25.2 Å². The second-order valence-corrected chi connectivity index (χ2v) is 9.30. The van der Waals surface area contributed by atoms with E-state index in [9.17, 15) is 0 Å². The van der Waals surface area contributed by atoms with E-state index in [2.05, 4.69) is 75.1 Å². The molecule has 4 nitrogen and oxygen atoms in total. The maximum Gasteiger partial charge on any atom is 0.153 e. The van der Waals surface area contributed by atoms with E-state index in [1.807, 2.05) is 37.3 Å². The molecule has 0 aliphatic carbocycles. The Labute approximate surface area is 217 Å². The molecule has 2 heterocycles. The molecule has 0 amide bonds. The Balaban J connectivity index is 0.000000526. The minimum absolute atomic E-state index is 0.0640. The number of hydrogen-bond donors (Lipinski definition) is 1. The molecule has 1 N–H and O–H groups in total. The van der Waals surface area contributed by atoms with Crippen LogP contribution in [0.5, 0.6) is 0 Å². The lowest BCUT2D eigenvalue weighted by Gasteiger charge is -2.19. The SMILES string of the molecule is C1CCOCC1.C=C(C)O/C(C1=CC=CCC(=NC(C)c2ccccc2)N1)=C(\C)c1ccc(C)cc1. The van der Waals surface area contributed by atoms with E-state index < -0.39 is 0 Å². The molecule has 190 valence electrons. The zero-order valence-corrected chi connectivity index (χ0v) is 22.2. The van der Waals surface area contributed by atoms with Crippen molar-refractivity contribution in [2.24, 2.45) is 4.99 Å². The third kappa shape index (κ3) is 8.69. The van der Waals surface area contributed by atoms with Crippen LogP contribution < -0.4 is 5.32 Å². The van der Waals surface area contributed by atoms with E-state index in [4.69, 9.17) is 14.5 Å². The number of ether oxygens (including phenoxy) is 2. The Morgan fingerprint density at radius 1 is 1.00 bits per heavy atom. The molecule has 1 fully saturated rings. The number of aliphatic imine (C=N–C) groups is 1. The molecule has 0 radical (unpaired) electrons. The van der Waals surface area contributed by atoms with E-state index in [0.717, 1.165) is 48.1 Å². The molecule has 4 heteroatoms. The highest BCUT2D eigenvalue weighted by Gasteiger charge is 2.16. The van der Waals surface area contributed by atoms with Crippen LogP contribution in [0, 0.1) is 6.92 Å². The molecule has 0 spiro atoms. The number of hydrogen-bond acceptors (Lipinski definition) is 3. The van der Waals surface area contributed by atoms with Gasteiger partial charge in [0.25, 0.3) is 0 Å². The average molecular weight is 485 g/mol. The van der Waals surface area contributed by atoms with Crippen LogP contribution in [-0.4, -0.2) is 19.0 Å². The fourth-order valence-electron chi connectivity index (χ4n) is 3.98. The average Bonchev–Trinajstić information content (AvgIpc) is 3.14. The van der Waals surface area contributed by atoms with Gasteiger partial charge in [-0.2, -0.15) is 0 Å². The molecule has 2 aromatic carbocycles. The van der Waals surface area contributed by atoms with Gasteiger partial charge in [0.05, 0.1) is 17.5 Å². The molecular formula is C32H40N2O2. The van der Waals surface area contributed by atoms with Gasteiger partial charge in [-0.3, -0.25) is 4.99 Å². The van der Waals surface area contributed by atoms with Crippen LogP contribution in [0.2, 0.25) is 0 Å². The number of nitrogens with zero attached hydrogens (tertiary/aromatic N) is 1. The number of rotatable bonds is 6. The van der Waals surface area contributed by atoms with Gasteiger partial charge in [0.1, 0.15) is 5.84 Å². The van der Waals surface area contributed by atoms with Crippen LogP contribution in [0.4, 0.5) is 0 Å². The van der Waals surface area contributed by atoms with E-state index >= 15 is 0 Å². The van der Waals surface area contributed by atoms with E-state index in [1.54, 1.807) is 0 Å². The van der Waals surface area contributed by atoms with Crippen molar-refractivity contribution >= 4 is 11.4 Å². The molecule has 0 saturated carbocycles. The fraction of sp³-hybridized carbons (Fsp3) is 0.344. The summed E-state index contributed by atoms with van der Waals surface area (Å²) in [6, 6.07) is 18.9. The smallest absolute Gasteiger partial charge is 0.153 e. The molecule has 0 aromatic heterocycles. The maximum atomic E-state index is 6.10. The van der Waals surface area contributed by atoms with Crippen LogP contribution in [-0.2, 0) is 9.47 Å². The van der Waals surface area contributed by atoms with Gasteiger partial charge >= 0.3 is 0 Å². The Hall–Kier alpha value is -3.37. The Bertz CT molecular complexity index is 1090. The first-order valence-corrected chi connectivity index (χ1v) is 12.9. The summed E-state index contributed by atoms with van der Waals surface area (Å²) in [5.74, 6) is 2.31. The summed E-state index contributed by atoms with van der Waals surface area (Å²) in [6.07, 6.45) is 10.9. The summed E-state index contributed by atoms with van der Waals surface area (Å²) < 4.78 is 11.2. The molecule has 0 bridgehead atoms. The molecule has 2 aliphatic heterocycles. The fourth-order valence-corrected chi connectivity index (χ4v) is 3.98. The van der Waals surface area contributed by atoms with Crippen molar-refractivity contribution in [3.05, 3.63) is 113 Å². The van der Waals surface area contributed by atoms with Crippen molar-refractivity contribution in [1.82, 2.24) is 5.32 Å². The van der Waals surface area contributed by atoms with Crippen molar-refractivity contribution < 1.29 is 9.47 Å². The second-order valence-electron chi connectivity index (χ2n) is 9.30. The van der Waals surface area contributed by atoms with Crippen LogP contribution in [0.15, 0.2) is 102 Å². The lowest BCUT2D eigenvalue weighted by Crippen LogP contribution is -2.24. The second kappa shape index (κ2) is 14.3. The highest BCUT2D eigenvalue weighted by Crippen LogP contribution is 2.27. The van der Waals surface area contributed by atoms with E-state index in [-0.39, 0.29) is 6.04 Å². The van der Waals surface area contributed by atoms with Gasteiger partial charge in [-0.05, 0) is 64.2 Å². The lowest BCUT2D eigenvalue weighted by atomic mass is 10.0. The quantitative estimate of drug-likeness (QED) is 0.422. The Kier molecular flexibility index (Phi) is 10.8. The van der Waals surface area contributed by atoms with E-state index in [0.29, 0.717) is 5.76 Å². The minimum Gasteiger partial charge on any atom is -0.460 e. The van der Waals surface area contributed by atoms with E-state index in [1.165, 1.54) is 30.4 Å². The summed E-state index contributed by atoms with van der Waals surface area (Å²) in [5, 5.41) is 3.51. The van der Waals surface area contributed by atoms with Crippen molar-refractivity contribution in [2.75, 3.05) is 13.2 Å². The number of nitrogens with one attached hydrogen (secondary N) is 1. The summed E-state index contributed by atoms with van der Waals surface area (Å²) >= 11 is 0. The molecule has 36 heavy (non-hydrogen) atoms. The van der Waals surface area contributed by atoms with Crippen molar-refractivity contribution in [3.63, 3.8) is 0 Å². The molecule has 4 rings (SSSR count).